The molecule has 0 spiro atoms. The minimum absolute atomic E-state index is 0.0605. The first-order valence-corrected chi connectivity index (χ1v) is 7.34. The van der Waals surface area contributed by atoms with Crippen molar-refractivity contribution in [1.29, 1.82) is 0 Å². The summed E-state index contributed by atoms with van der Waals surface area (Å²) in [5, 5.41) is 3.87. The van der Waals surface area contributed by atoms with Crippen molar-refractivity contribution in [1.82, 2.24) is 5.01 Å². The Morgan fingerprint density at radius 2 is 1.86 bits per heavy atom. The van der Waals surface area contributed by atoms with Crippen LogP contribution in [0, 0.1) is 0 Å². The predicted molar refractivity (Wildman–Crippen MR) is 91.4 cm³/mol. The zero-order valence-corrected chi connectivity index (χ0v) is 13.4. The average Bonchev–Trinajstić information content (AvgIpc) is 2.45. The van der Waals surface area contributed by atoms with Gasteiger partial charge in [0.05, 0.1) is 5.70 Å². The first-order chi connectivity index (χ1) is 9.86. The molecule has 112 valence electrons. The van der Waals surface area contributed by atoms with Crippen molar-refractivity contribution in [3.05, 3.63) is 53.7 Å². The number of rotatable bonds is 4. The lowest BCUT2D eigenvalue weighted by Crippen LogP contribution is -2.23. The Hall–Kier alpha value is -2.00. The van der Waals surface area contributed by atoms with Crippen LogP contribution in [-0.2, 0) is 5.41 Å². The monoisotopic (exact) mass is 283 g/mol. The van der Waals surface area contributed by atoms with Gasteiger partial charge in [0.1, 0.15) is 0 Å². The highest BCUT2D eigenvalue weighted by molar-refractivity contribution is 5.95. The second-order valence-electron chi connectivity index (χ2n) is 6.20. The van der Waals surface area contributed by atoms with Crippen molar-refractivity contribution in [2.24, 2.45) is 11.6 Å². The number of benzene rings is 2. The molecule has 0 fully saturated rings. The van der Waals surface area contributed by atoms with Crippen LogP contribution in [0.2, 0.25) is 0 Å². The van der Waals surface area contributed by atoms with Gasteiger partial charge in [-0.25, -0.2) is 5.84 Å². The molecule has 4 N–H and O–H groups in total. The standard InChI is InChI=1S/C18H25N3/c1-5-18(2,3)15-11-10-13-8-6-7-9-14(13)17(15)16(19)12-21(4)20/h6-12H,5,19-20H2,1-4H3/b16-12-. The van der Waals surface area contributed by atoms with Crippen molar-refractivity contribution < 1.29 is 0 Å². The Kier molecular flexibility index (Phi) is 4.24. The fourth-order valence-electron chi connectivity index (χ4n) is 2.62. The van der Waals surface area contributed by atoms with Crippen molar-refractivity contribution in [3.8, 4) is 0 Å². The van der Waals surface area contributed by atoms with Crippen molar-refractivity contribution in [3.63, 3.8) is 0 Å². The molecule has 0 atom stereocenters. The minimum atomic E-state index is 0.0605. The van der Waals surface area contributed by atoms with Crippen LogP contribution in [-0.4, -0.2) is 12.1 Å². The molecule has 0 amide bonds. The molecule has 0 bridgehead atoms. The van der Waals surface area contributed by atoms with Gasteiger partial charge in [-0.2, -0.15) is 0 Å². The molecule has 0 radical (unpaired) electrons. The van der Waals surface area contributed by atoms with Gasteiger partial charge in [0, 0.05) is 18.8 Å². The Bertz CT molecular complexity index is 669. The normalized spacial score (nSPS) is 12.7. The van der Waals surface area contributed by atoms with Crippen molar-refractivity contribution in [2.75, 3.05) is 7.05 Å². The van der Waals surface area contributed by atoms with E-state index in [9.17, 15) is 0 Å². The fraction of sp³-hybridized carbons (Fsp3) is 0.333. The summed E-state index contributed by atoms with van der Waals surface area (Å²) in [5.74, 6) is 5.74. The summed E-state index contributed by atoms with van der Waals surface area (Å²) in [6.07, 6.45) is 2.82. The first kappa shape index (κ1) is 15.4. The summed E-state index contributed by atoms with van der Waals surface area (Å²) in [7, 11) is 1.78. The van der Waals surface area contributed by atoms with Crippen LogP contribution in [0.1, 0.15) is 38.3 Å². The lowest BCUT2D eigenvalue weighted by molar-refractivity contribution is 0.484. The third kappa shape index (κ3) is 3.03. The van der Waals surface area contributed by atoms with E-state index < -0.39 is 0 Å². The third-order valence-corrected chi connectivity index (χ3v) is 4.17. The molecule has 0 heterocycles. The average molecular weight is 283 g/mol. The van der Waals surface area contributed by atoms with Crippen LogP contribution in [0.15, 0.2) is 42.6 Å². The predicted octanol–water partition coefficient (Wildman–Crippen LogP) is 3.59. The van der Waals surface area contributed by atoms with Gasteiger partial charge in [-0.05, 0) is 28.2 Å². The Labute approximate surface area is 127 Å². The Balaban J connectivity index is 2.81. The molecule has 2 rings (SSSR count). The topological polar surface area (TPSA) is 55.3 Å². The highest BCUT2D eigenvalue weighted by Gasteiger charge is 2.23. The molecule has 0 aliphatic heterocycles. The molecule has 0 saturated carbocycles. The number of hydrogen-bond acceptors (Lipinski definition) is 3. The zero-order valence-electron chi connectivity index (χ0n) is 13.4. The van der Waals surface area contributed by atoms with Gasteiger partial charge >= 0.3 is 0 Å². The zero-order chi connectivity index (χ0) is 15.6. The minimum Gasteiger partial charge on any atom is -0.397 e. The van der Waals surface area contributed by atoms with Gasteiger partial charge < -0.3 is 10.7 Å². The highest BCUT2D eigenvalue weighted by atomic mass is 15.4. The molecular weight excluding hydrogens is 258 g/mol. The second kappa shape index (κ2) is 5.78. The van der Waals surface area contributed by atoms with Gasteiger partial charge in [-0.1, -0.05) is 57.2 Å². The van der Waals surface area contributed by atoms with E-state index >= 15 is 0 Å². The van der Waals surface area contributed by atoms with E-state index in [0.717, 1.165) is 12.0 Å². The van der Waals surface area contributed by atoms with Gasteiger partial charge in [-0.15, -0.1) is 0 Å². The maximum atomic E-state index is 6.35. The fourth-order valence-corrected chi connectivity index (χ4v) is 2.62. The van der Waals surface area contributed by atoms with E-state index in [2.05, 4.69) is 45.0 Å². The molecule has 2 aromatic rings. The molecule has 0 aliphatic rings. The largest absolute Gasteiger partial charge is 0.397 e. The van der Waals surface area contributed by atoms with E-state index in [0.29, 0.717) is 5.70 Å². The Morgan fingerprint density at radius 3 is 2.48 bits per heavy atom. The third-order valence-electron chi connectivity index (χ3n) is 4.17. The first-order valence-electron chi connectivity index (χ1n) is 7.34. The summed E-state index contributed by atoms with van der Waals surface area (Å²) in [4.78, 5) is 0. The molecular formula is C18H25N3. The SMILES string of the molecule is CCC(C)(C)c1ccc2ccccc2c1/C(N)=C/N(C)N. The lowest BCUT2D eigenvalue weighted by Gasteiger charge is -2.28. The maximum Gasteiger partial charge on any atom is 0.0573 e. The maximum absolute atomic E-state index is 6.35. The molecule has 0 saturated heterocycles. The lowest BCUT2D eigenvalue weighted by atomic mass is 9.77. The van der Waals surface area contributed by atoms with Gasteiger partial charge in [0.15, 0.2) is 0 Å². The van der Waals surface area contributed by atoms with Crippen LogP contribution in [0.25, 0.3) is 16.5 Å². The molecule has 21 heavy (non-hydrogen) atoms. The van der Waals surface area contributed by atoms with E-state index in [1.165, 1.54) is 21.3 Å². The van der Waals surface area contributed by atoms with Crippen LogP contribution >= 0.6 is 0 Å². The number of fused-ring (bicyclic) bond motifs is 1. The van der Waals surface area contributed by atoms with Crippen LogP contribution < -0.4 is 11.6 Å². The van der Waals surface area contributed by atoms with Crippen LogP contribution in [0.4, 0.5) is 0 Å². The molecule has 3 heteroatoms. The number of hydrazine groups is 1. The van der Waals surface area contributed by atoms with Crippen molar-refractivity contribution in [2.45, 2.75) is 32.6 Å². The quantitative estimate of drug-likeness (QED) is 0.666. The van der Waals surface area contributed by atoms with Gasteiger partial charge in [-0.3, -0.25) is 0 Å². The van der Waals surface area contributed by atoms with Gasteiger partial charge in [0.2, 0.25) is 0 Å². The summed E-state index contributed by atoms with van der Waals surface area (Å²) >= 11 is 0. The smallest absolute Gasteiger partial charge is 0.0573 e. The van der Waals surface area contributed by atoms with Gasteiger partial charge in [0.25, 0.3) is 0 Å². The van der Waals surface area contributed by atoms with Crippen molar-refractivity contribution >= 4 is 16.5 Å². The molecule has 3 nitrogen and oxygen atoms in total. The summed E-state index contributed by atoms with van der Waals surface area (Å²) in [6, 6.07) is 12.7. The summed E-state index contributed by atoms with van der Waals surface area (Å²) < 4.78 is 0. The van der Waals surface area contributed by atoms with E-state index in [-0.39, 0.29) is 5.41 Å². The van der Waals surface area contributed by atoms with E-state index in [4.69, 9.17) is 11.6 Å². The highest BCUT2D eigenvalue weighted by Crippen LogP contribution is 2.36. The number of nitrogens with two attached hydrogens (primary N) is 2. The summed E-state index contributed by atoms with van der Waals surface area (Å²) in [6.45, 7) is 6.70. The molecule has 0 unspecified atom stereocenters. The number of hydrogen-bond donors (Lipinski definition) is 2. The molecule has 2 aromatic carbocycles. The summed E-state index contributed by atoms with van der Waals surface area (Å²) in [5.41, 5.74) is 9.47. The van der Waals surface area contributed by atoms with Crippen LogP contribution in [0.3, 0.4) is 0 Å². The Morgan fingerprint density at radius 1 is 1.19 bits per heavy atom. The van der Waals surface area contributed by atoms with E-state index in [1.807, 2.05) is 12.1 Å². The van der Waals surface area contributed by atoms with Crippen LogP contribution in [0.5, 0.6) is 0 Å². The molecule has 0 aromatic heterocycles. The van der Waals surface area contributed by atoms with E-state index in [1.54, 1.807) is 13.2 Å². The molecule has 0 aliphatic carbocycles. The second-order valence-corrected chi connectivity index (χ2v) is 6.20. The number of nitrogens with zero attached hydrogens (tertiary/aromatic N) is 1.